The zero-order valence-corrected chi connectivity index (χ0v) is 10.7. The first-order chi connectivity index (χ1) is 8.65. The smallest absolute Gasteiger partial charge is 0.309 e. The molecule has 2 rings (SSSR count). The molecule has 1 aliphatic rings. The Morgan fingerprint density at radius 2 is 2.06 bits per heavy atom. The second kappa shape index (κ2) is 5.40. The highest BCUT2D eigenvalue weighted by Gasteiger charge is 2.44. The van der Waals surface area contributed by atoms with Gasteiger partial charge in [-0.1, -0.05) is 12.1 Å². The number of alkyl halides is 1. The quantitative estimate of drug-likeness (QED) is 0.672. The molecule has 0 unspecified atom stereocenters. The minimum atomic E-state index is -0.233. The summed E-state index contributed by atoms with van der Waals surface area (Å²) in [7, 11) is 1.41. The Hall–Kier alpha value is -1.55. The van der Waals surface area contributed by atoms with E-state index < -0.39 is 0 Å². The fourth-order valence-electron chi connectivity index (χ4n) is 1.98. The fraction of sp³-hybridized carbons (Fsp3) is 0.385. The third-order valence-electron chi connectivity index (χ3n) is 3.04. The molecule has 0 heterocycles. The Labute approximate surface area is 110 Å². The third kappa shape index (κ3) is 2.82. The van der Waals surface area contributed by atoms with E-state index in [4.69, 9.17) is 16.3 Å². The predicted molar refractivity (Wildman–Crippen MR) is 68.7 cm³/mol. The number of nitrogens with one attached hydrogen (secondary N) is 1. The maximum Gasteiger partial charge on any atom is 0.309 e. The van der Waals surface area contributed by atoms with Crippen LogP contribution in [-0.4, -0.2) is 24.9 Å². The number of methoxy groups -OCH3 is 1. The van der Waals surface area contributed by atoms with Gasteiger partial charge in [-0.2, -0.15) is 0 Å². The van der Waals surface area contributed by atoms with Crippen LogP contribution in [0.5, 0.6) is 0 Å². The average molecular weight is 268 g/mol. The van der Waals surface area contributed by atoms with Crippen molar-refractivity contribution < 1.29 is 14.3 Å². The Morgan fingerprint density at radius 3 is 2.61 bits per heavy atom. The number of halogens is 1. The third-order valence-corrected chi connectivity index (χ3v) is 3.28. The van der Waals surface area contributed by atoms with Crippen LogP contribution < -0.4 is 5.32 Å². The lowest BCUT2D eigenvalue weighted by molar-refractivity contribution is -0.142. The van der Waals surface area contributed by atoms with Gasteiger partial charge in [-0.15, -0.1) is 11.6 Å². The van der Waals surface area contributed by atoms with Crippen LogP contribution in [0.15, 0.2) is 24.3 Å². The molecule has 5 heteroatoms. The Morgan fingerprint density at radius 1 is 1.39 bits per heavy atom. The van der Waals surface area contributed by atoms with Gasteiger partial charge in [0.15, 0.2) is 0 Å². The summed E-state index contributed by atoms with van der Waals surface area (Å²) in [6, 6.07) is 7.45. The summed E-state index contributed by atoms with van der Waals surface area (Å²) >= 11 is 5.40. The minimum Gasteiger partial charge on any atom is -0.469 e. The van der Waals surface area contributed by atoms with E-state index in [1.54, 1.807) is 0 Å². The molecule has 4 nitrogen and oxygen atoms in total. The highest BCUT2D eigenvalue weighted by atomic mass is 35.5. The van der Waals surface area contributed by atoms with Crippen molar-refractivity contribution in [2.24, 2.45) is 5.92 Å². The zero-order valence-electron chi connectivity index (χ0n) is 9.98. The van der Waals surface area contributed by atoms with Gasteiger partial charge in [0, 0.05) is 5.69 Å². The summed E-state index contributed by atoms with van der Waals surface area (Å²) in [4.78, 5) is 22.4. The van der Waals surface area contributed by atoms with E-state index in [-0.39, 0.29) is 29.6 Å². The first-order valence-electron chi connectivity index (χ1n) is 5.69. The number of esters is 1. The number of hydrogen-bond acceptors (Lipinski definition) is 3. The van der Waals surface area contributed by atoms with Gasteiger partial charge in [0.05, 0.1) is 13.0 Å². The fourth-order valence-corrected chi connectivity index (χ4v) is 2.05. The summed E-state index contributed by atoms with van der Waals surface area (Å²) in [6.45, 7) is 0. The highest BCUT2D eigenvalue weighted by molar-refractivity contribution is 6.29. The number of ether oxygens (including phenoxy) is 1. The molecule has 1 fully saturated rings. The monoisotopic (exact) mass is 267 g/mol. The van der Waals surface area contributed by atoms with Crippen LogP contribution in [0.2, 0.25) is 0 Å². The van der Waals surface area contributed by atoms with E-state index in [2.05, 4.69) is 5.32 Å². The lowest BCUT2D eigenvalue weighted by atomic mass is 10.1. The molecule has 0 aliphatic heterocycles. The first kappa shape index (κ1) is 12.9. The number of amides is 1. The number of carbonyl (C=O) groups is 2. The Balaban J connectivity index is 1.97. The molecule has 2 atom stereocenters. The summed E-state index contributed by atoms with van der Waals surface area (Å²) in [5.74, 6) is -0.217. The molecule has 18 heavy (non-hydrogen) atoms. The van der Waals surface area contributed by atoms with E-state index in [1.807, 2.05) is 24.3 Å². The van der Waals surface area contributed by atoms with Crippen LogP contribution >= 0.6 is 11.6 Å². The Bertz CT molecular complexity index is 458. The van der Waals surface area contributed by atoms with Crippen LogP contribution in [0.3, 0.4) is 0 Å². The maximum atomic E-state index is 11.3. The molecule has 96 valence electrons. The highest BCUT2D eigenvalue weighted by Crippen LogP contribution is 2.48. The number of hydrogen-bond donors (Lipinski definition) is 1. The number of anilines is 1. The number of benzene rings is 1. The maximum absolute atomic E-state index is 11.3. The van der Waals surface area contributed by atoms with Gasteiger partial charge in [0.1, 0.15) is 5.88 Å². The largest absolute Gasteiger partial charge is 0.469 e. The lowest BCUT2D eigenvalue weighted by Crippen LogP contribution is -2.12. The predicted octanol–water partition coefficient (Wildman–Crippen LogP) is 2.14. The molecule has 1 aromatic carbocycles. The van der Waals surface area contributed by atoms with Crippen LogP contribution in [-0.2, 0) is 14.3 Å². The topological polar surface area (TPSA) is 55.4 Å². The zero-order chi connectivity index (χ0) is 13.1. The SMILES string of the molecule is COC(=O)[C@@H]1C[C@H]1c1ccc(NC(=O)CCl)cc1. The van der Waals surface area contributed by atoms with Crippen molar-refractivity contribution in [2.75, 3.05) is 18.3 Å². The molecule has 1 N–H and O–H groups in total. The molecule has 0 radical (unpaired) electrons. The summed E-state index contributed by atoms with van der Waals surface area (Å²) < 4.78 is 4.71. The van der Waals surface area contributed by atoms with Gasteiger partial charge in [-0.25, -0.2) is 0 Å². The average Bonchev–Trinajstić information content (AvgIpc) is 3.19. The standard InChI is InChI=1S/C13H14ClNO3/c1-18-13(17)11-6-10(11)8-2-4-9(5-3-8)15-12(16)7-14/h2-5,10-11H,6-7H2,1H3,(H,15,16)/t10-,11+/m0/s1. The van der Waals surface area contributed by atoms with Crippen LogP contribution in [0.4, 0.5) is 5.69 Å². The van der Waals surface area contributed by atoms with E-state index >= 15 is 0 Å². The summed E-state index contributed by atoms with van der Waals surface area (Å²) in [5, 5.41) is 2.66. The molecular formula is C13H14ClNO3. The normalized spacial score (nSPS) is 21.2. The molecular weight excluding hydrogens is 254 g/mol. The molecule has 1 saturated carbocycles. The van der Waals surface area contributed by atoms with Gasteiger partial charge in [-0.3, -0.25) is 9.59 Å². The van der Waals surface area contributed by atoms with Crippen molar-refractivity contribution in [3.05, 3.63) is 29.8 Å². The van der Waals surface area contributed by atoms with Crippen molar-refractivity contribution in [1.29, 1.82) is 0 Å². The minimum absolute atomic E-state index is 0.0155. The Kier molecular flexibility index (Phi) is 3.87. The molecule has 0 aromatic heterocycles. The number of carbonyl (C=O) groups excluding carboxylic acids is 2. The molecule has 0 spiro atoms. The van der Waals surface area contributed by atoms with Crippen molar-refractivity contribution in [2.45, 2.75) is 12.3 Å². The van der Waals surface area contributed by atoms with Gasteiger partial charge < -0.3 is 10.1 Å². The summed E-state index contributed by atoms with van der Waals surface area (Å²) in [6.07, 6.45) is 0.833. The molecule has 0 bridgehead atoms. The van der Waals surface area contributed by atoms with Crippen LogP contribution in [0, 0.1) is 5.92 Å². The lowest BCUT2D eigenvalue weighted by Gasteiger charge is -2.04. The van der Waals surface area contributed by atoms with Crippen molar-refractivity contribution in [3.8, 4) is 0 Å². The molecule has 1 aromatic rings. The molecule has 0 saturated heterocycles. The second-order valence-corrected chi connectivity index (χ2v) is 4.54. The van der Waals surface area contributed by atoms with Crippen molar-refractivity contribution in [3.63, 3.8) is 0 Å². The molecule has 1 amide bonds. The van der Waals surface area contributed by atoms with Gasteiger partial charge in [-0.05, 0) is 30.0 Å². The van der Waals surface area contributed by atoms with Crippen molar-refractivity contribution >= 4 is 29.2 Å². The van der Waals surface area contributed by atoms with Crippen LogP contribution in [0.25, 0.3) is 0 Å². The second-order valence-electron chi connectivity index (χ2n) is 4.28. The van der Waals surface area contributed by atoms with E-state index in [0.717, 1.165) is 12.0 Å². The van der Waals surface area contributed by atoms with Crippen molar-refractivity contribution in [1.82, 2.24) is 0 Å². The first-order valence-corrected chi connectivity index (χ1v) is 6.22. The molecule has 1 aliphatic carbocycles. The van der Waals surface area contributed by atoms with E-state index in [9.17, 15) is 9.59 Å². The van der Waals surface area contributed by atoms with E-state index in [1.165, 1.54) is 7.11 Å². The van der Waals surface area contributed by atoms with Crippen LogP contribution in [0.1, 0.15) is 17.9 Å². The number of rotatable bonds is 4. The van der Waals surface area contributed by atoms with Gasteiger partial charge in [0.25, 0.3) is 0 Å². The van der Waals surface area contributed by atoms with Gasteiger partial charge in [0.2, 0.25) is 5.91 Å². The van der Waals surface area contributed by atoms with Gasteiger partial charge >= 0.3 is 5.97 Å². The van der Waals surface area contributed by atoms with E-state index in [0.29, 0.717) is 5.69 Å². The summed E-state index contributed by atoms with van der Waals surface area (Å²) in [5.41, 5.74) is 1.80.